The summed E-state index contributed by atoms with van der Waals surface area (Å²) in [7, 11) is 0. The number of anilines is 1. The first-order valence-electron chi connectivity index (χ1n) is 11.3. The molecule has 1 heterocycles. The Hall–Kier alpha value is -2.91. The molecule has 0 aromatic heterocycles. The van der Waals surface area contributed by atoms with E-state index in [1.807, 2.05) is 37.8 Å². The molecule has 1 saturated heterocycles. The van der Waals surface area contributed by atoms with Gasteiger partial charge in [-0.1, -0.05) is 29.8 Å². The highest BCUT2D eigenvalue weighted by molar-refractivity contribution is 5.96. The van der Waals surface area contributed by atoms with Crippen LogP contribution in [0.2, 0.25) is 0 Å². The summed E-state index contributed by atoms with van der Waals surface area (Å²) in [6.07, 6.45) is -4.33. The summed E-state index contributed by atoms with van der Waals surface area (Å²) in [5, 5.41) is 5.54. The monoisotopic (exact) mass is 476 g/mol. The number of nitrogens with one attached hydrogen (secondary N) is 2. The summed E-state index contributed by atoms with van der Waals surface area (Å²) < 4.78 is 38.1. The van der Waals surface area contributed by atoms with Crippen LogP contribution in [0.1, 0.15) is 27.8 Å². The smallest absolute Gasteiger partial charge is 0.346 e. The standard InChI is InChI=1S/C25H31F3N4O2/c1-17-12-18(2)24(19(3)13-17)30-22(33)14-29-23(34)16-32-10-8-31(9-11-32)15-20-4-6-21(7-5-20)25(26,27)28/h4-7,12-13H,8-11,14-16H2,1-3H3,(H,29,34)(H,30,33). The van der Waals surface area contributed by atoms with Crippen LogP contribution in [-0.4, -0.2) is 60.9 Å². The lowest BCUT2D eigenvalue weighted by Crippen LogP contribution is -2.49. The summed E-state index contributed by atoms with van der Waals surface area (Å²) in [5.74, 6) is -0.492. The molecule has 1 aliphatic heterocycles. The fraction of sp³-hybridized carbons (Fsp3) is 0.440. The first-order valence-corrected chi connectivity index (χ1v) is 11.3. The van der Waals surface area contributed by atoms with Crippen molar-refractivity contribution >= 4 is 17.5 Å². The van der Waals surface area contributed by atoms with Crippen molar-refractivity contribution in [3.8, 4) is 0 Å². The lowest BCUT2D eigenvalue weighted by atomic mass is 10.1. The molecule has 0 spiro atoms. The van der Waals surface area contributed by atoms with Crippen LogP contribution in [0.25, 0.3) is 0 Å². The van der Waals surface area contributed by atoms with Crippen molar-refractivity contribution in [2.75, 3.05) is 44.6 Å². The largest absolute Gasteiger partial charge is 0.416 e. The van der Waals surface area contributed by atoms with E-state index in [1.54, 1.807) is 0 Å². The van der Waals surface area contributed by atoms with Gasteiger partial charge in [0, 0.05) is 38.4 Å². The molecule has 6 nitrogen and oxygen atoms in total. The van der Waals surface area contributed by atoms with E-state index in [0.717, 1.165) is 40.1 Å². The maximum Gasteiger partial charge on any atom is 0.416 e. The molecule has 2 N–H and O–H groups in total. The number of carbonyl (C=O) groups is 2. The number of hydrogen-bond acceptors (Lipinski definition) is 4. The van der Waals surface area contributed by atoms with Crippen LogP contribution in [0.15, 0.2) is 36.4 Å². The van der Waals surface area contributed by atoms with E-state index in [4.69, 9.17) is 0 Å². The zero-order valence-corrected chi connectivity index (χ0v) is 19.8. The fourth-order valence-electron chi connectivity index (χ4n) is 4.16. The molecule has 0 saturated carbocycles. The van der Waals surface area contributed by atoms with Gasteiger partial charge in [-0.2, -0.15) is 13.2 Å². The van der Waals surface area contributed by atoms with E-state index in [1.165, 1.54) is 12.1 Å². The number of alkyl halides is 3. The number of amides is 2. The molecule has 0 aliphatic carbocycles. The van der Waals surface area contributed by atoms with Crippen LogP contribution in [0.4, 0.5) is 18.9 Å². The highest BCUT2D eigenvalue weighted by Crippen LogP contribution is 2.29. The molecule has 9 heteroatoms. The quantitative estimate of drug-likeness (QED) is 0.642. The second kappa shape index (κ2) is 11.0. The zero-order valence-electron chi connectivity index (χ0n) is 19.8. The molecular weight excluding hydrogens is 445 g/mol. The Labute approximate surface area is 198 Å². The lowest BCUT2D eigenvalue weighted by Gasteiger charge is -2.34. The molecule has 2 aromatic rings. The molecule has 184 valence electrons. The predicted molar refractivity (Wildman–Crippen MR) is 125 cm³/mol. The third-order valence-corrected chi connectivity index (χ3v) is 5.91. The van der Waals surface area contributed by atoms with Crippen molar-refractivity contribution < 1.29 is 22.8 Å². The van der Waals surface area contributed by atoms with Gasteiger partial charge >= 0.3 is 6.18 Å². The molecule has 0 atom stereocenters. The highest BCUT2D eigenvalue weighted by Gasteiger charge is 2.30. The maximum atomic E-state index is 12.7. The van der Waals surface area contributed by atoms with Crippen LogP contribution in [0.5, 0.6) is 0 Å². The second-order valence-electron chi connectivity index (χ2n) is 8.85. The summed E-state index contributed by atoms with van der Waals surface area (Å²) in [6.45, 7) is 9.29. The minimum atomic E-state index is -4.33. The van der Waals surface area contributed by atoms with Crippen molar-refractivity contribution in [3.63, 3.8) is 0 Å². The molecule has 34 heavy (non-hydrogen) atoms. The Kier molecular flexibility index (Phi) is 8.33. The maximum absolute atomic E-state index is 12.7. The fourth-order valence-corrected chi connectivity index (χ4v) is 4.16. The average molecular weight is 477 g/mol. The van der Waals surface area contributed by atoms with E-state index >= 15 is 0 Å². The van der Waals surface area contributed by atoms with Gasteiger partial charge < -0.3 is 10.6 Å². The summed E-state index contributed by atoms with van der Waals surface area (Å²) in [6, 6.07) is 9.22. The van der Waals surface area contributed by atoms with Gasteiger partial charge in [-0.15, -0.1) is 0 Å². The molecule has 3 rings (SSSR count). The number of carbonyl (C=O) groups excluding carboxylic acids is 2. The van der Waals surface area contributed by atoms with Crippen molar-refractivity contribution in [1.29, 1.82) is 0 Å². The molecule has 0 radical (unpaired) electrons. The van der Waals surface area contributed by atoms with Gasteiger partial charge in [0.05, 0.1) is 18.7 Å². The SMILES string of the molecule is Cc1cc(C)c(NC(=O)CNC(=O)CN2CCN(Cc3ccc(C(F)(F)F)cc3)CC2)c(C)c1. The third kappa shape index (κ3) is 7.30. The Balaban J connectivity index is 1.38. The van der Waals surface area contributed by atoms with Gasteiger partial charge in [0.2, 0.25) is 11.8 Å². The lowest BCUT2D eigenvalue weighted by molar-refractivity contribution is -0.137. The minimum Gasteiger partial charge on any atom is -0.346 e. The summed E-state index contributed by atoms with van der Waals surface area (Å²) in [4.78, 5) is 28.7. The normalized spacial score (nSPS) is 15.2. The number of halogens is 3. The van der Waals surface area contributed by atoms with E-state index in [9.17, 15) is 22.8 Å². The molecule has 2 amide bonds. The van der Waals surface area contributed by atoms with Crippen molar-refractivity contribution in [3.05, 3.63) is 64.2 Å². The highest BCUT2D eigenvalue weighted by atomic mass is 19.4. The van der Waals surface area contributed by atoms with Gasteiger partial charge in [-0.05, 0) is 49.6 Å². The second-order valence-corrected chi connectivity index (χ2v) is 8.85. The Morgan fingerprint density at radius 2 is 1.44 bits per heavy atom. The van der Waals surface area contributed by atoms with Crippen molar-refractivity contribution in [2.24, 2.45) is 0 Å². The molecule has 0 bridgehead atoms. The number of benzene rings is 2. The van der Waals surface area contributed by atoms with Crippen LogP contribution in [0.3, 0.4) is 0 Å². The number of aryl methyl sites for hydroxylation is 3. The number of piperazine rings is 1. The topological polar surface area (TPSA) is 64.7 Å². The summed E-state index contributed by atoms with van der Waals surface area (Å²) in [5.41, 5.74) is 4.03. The van der Waals surface area contributed by atoms with Gasteiger partial charge in [-0.3, -0.25) is 19.4 Å². The van der Waals surface area contributed by atoms with E-state index in [2.05, 4.69) is 15.5 Å². The van der Waals surface area contributed by atoms with Gasteiger partial charge in [0.15, 0.2) is 0 Å². The molecular formula is C25H31F3N4O2. The van der Waals surface area contributed by atoms with E-state index in [-0.39, 0.29) is 24.9 Å². The first-order chi connectivity index (χ1) is 16.0. The minimum absolute atomic E-state index is 0.0977. The van der Waals surface area contributed by atoms with Crippen molar-refractivity contribution in [1.82, 2.24) is 15.1 Å². The predicted octanol–water partition coefficient (Wildman–Crippen LogP) is 3.50. The number of rotatable bonds is 7. The van der Waals surface area contributed by atoms with Crippen molar-refractivity contribution in [2.45, 2.75) is 33.5 Å². The Bertz CT molecular complexity index is 991. The third-order valence-electron chi connectivity index (χ3n) is 5.91. The van der Waals surface area contributed by atoms with E-state index < -0.39 is 11.7 Å². The number of hydrogen-bond donors (Lipinski definition) is 2. The number of nitrogens with zero attached hydrogens (tertiary/aromatic N) is 2. The van der Waals surface area contributed by atoms with Crippen LogP contribution >= 0.6 is 0 Å². The first kappa shape index (κ1) is 25.7. The van der Waals surface area contributed by atoms with Crippen LogP contribution < -0.4 is 10.6 Å². The van der Waals surface area contributed by atoms with Crippen LogP contribution in [0, 0.1) is 20.8 Å². The molecule has 2 aromatic carbocycles. The van der Waals surface area contributed by atoms with Crippen LogP contribution in [-0.2, 0) is 22.3 Å². The Morgan fingerprint density at radius 3 is 2.00 bits per heavy atom. The summed E-state index contributed by atoms with van der Waals surface area (Å²) >= 11 is 0. The van der Waals surface area contributed by atoms with Gasteiger partial charge in [-0.25, -0.2) is 0 Å². The average Bonchev–Trinajstić information content (AvgIpc) is 2.76. The molecule has 1 fully saturated rings. The Morgan fingerprint density at radius 1 is 0.882 bits per heavy atom. The van der Waals surface area contributed by atoms with Gasteiger partial charge in [0.1, 0.15) is 0 Å². The zero-order chi connectivity index (χ0) is 24.9. The molecule has 0 unspecified atom stereocenters. The molecule has 1 aliphatic rings. The van der Waals surface area contributed by atoms with E-state index in [0.29, 0.717) is 32.7 Å². The van der Waals surface area contributed by atoms with Gasteiger partial charge in [0.25, 0.3) is 0 Å².